The van der Waals surface area contributed by atoms with E-state index in [1.54, 1.807) is 0 Å². The van der Waals surface area contributed by atoms with E-state index in [9.17, 15) is 9.59 Å². The lowest BCUT2D eigenvalue weighted by Crippen LogP contribution is -2.25. The topological polar surface area (TPSA) is 116 Å². The van der Waals surface area contributed by atoms with Crippen molar-refractivity contribution < 1.29 is 9.59 Å². The smallest absolute Gasteiger partial charge is 0.251 e. The molecule has 0 spiro atoms. The summed E-state index contributed by atoms with van der Waals surface area (Å²) in [6.45, 7) is 9.52. The molecule has 6 aromatic rings. The van der Waals surface area contributed by atoms with E-state index in [-0.39, 0.29) is 11.8 Å². The van der Waals surface area contributed by atoms with Gasteiger partial charge in [0.25, 0.3) is 11.8 Å². The van der Waals surface area contributed by atoms with Crippen molar-refractivity contribution in [1.29, 1.82) is 0 Å². The predicted octanol–water partition coefficient (Wildman–Crippen LogP) is 7.59. The van der Waals surface area contributed by atoms with Gasteiger partial charge >= 0.3 is 0 Å². The Morgan fingerprint density at radius 2 is 0.979 bits per heavy atom. The van der Waals surface area contributed by atoms with Crippen molar-refractivity contribution >= 4 is 33.9 Å². The molecule has 2 amide bonds. The van der Waals surface area contributed by atoms with Gasteiger partial charge in [-0.25, -0.2) is 9.97 Å². The number of nitrogens with zero attached hydrogens (tertiary/aromatic N) is 2. The van der Waals surface area contributed by atoms with Gasteiger partial charge in [0.15, 0.2) is 0 Å². The number of hydrogen-bond donors (Lipinski definition) is 4. The van der Waals surface area contributed by atoms with Gasteiger partial charge in [0.1, 0.15) is 11.6 Å². The van der Waals surface area contributed by atoms with E-state index in [1.165, 1.54) is 11.1 Å². The van der Waals surface area contributed by atoms with Gasteiger partial charge in [0, 0.05) is 37.1 Å². The first-order valence-electron chi connectivity index (χ1n) is 17.0. The van der Waals surface area contributed by atoms with Gasteiger partial charge in [-0.3, -0.25) is 9.59 Å². The van der Waals surface area contributed by atoms with Gasteiger partial charge in [-0.15, -0.1) is 0 Å². The Kier molecular flexibility index (Phi) is 11.8. The molecule has 0 atom stereocenters. The first-order valence-corrected chi connectivity index (χ1v) is 17.0. The molecule has 0 aliphatic rings. The number of benzene rings is 4. The SMILES string of the molecule is CCCc1nc2c(C)cc(C(=O)NCCc3ccccc3)cc2[nH]1.CCCc1nc2c(C)cc(C(=O)NCCc3ccccc3)cc2[nH]1. The maximum Gasteiger partial charge on any atom is 0.251 e. The molecule has 0 aliphatic carbocycles. The molecule has 2 aromatic heterocycles. The van der Waals surface area contributed by atoms with Crippen LogP contribution in [0.2, 0.25) is 0 Å². The normalized spacial score (nSPS) is 10.9. The number of amides is 2. The van der Waals surface area contributed by atoms with E-state index in [1.807, 2.05) is 74.5 Å². The highest BCUT2D eigenvalue weighted by Gasteiger charge is 2.13. The average Bonchev–Trinajstić information content (AvgIpc) is 3.70. The standard InChI is InChI=1S/2C20H23N3O/c2*1-3-7-18-22-17-13-16(12-14(2)19(17)23-18)20(24)21-11-10-15-8-5-4-6-9-15/h2*4-6,8-9,12-13H,3,7,10-11H2,1-2H3,(H,21,24)(H,22,23). The molecule has 0 saturated heterocycles. The first kappa shape index (κ1) is 34.1. The number of hydrogen-bond acceptors (Lipinski definition) is 4. The Morgan fingerprint density at radius 1 is 0.583 bits per heavy atom. The molecule has 6 rings (SSSR count). The van der Waals surface area contributed by atoms with Crippen LogP contribution in [-0.4, -0.2) is 44.8 Å². The zero-order chi connectivity index (χ0) is 33.9. The van der Waals surface area contributed by atoms with E-state index in [2.05, 4.69) is 68.7 Å². The molecule has 248 valence electrons. The second-order valence-electron chi connectivity index (χ2n) is 12.2. The van der Waals surface area contributed by atoms with E-state index in [0.29, 0.717) is 24.2 Å². The van der Waals surface area contributed by atoms with Crippen molar-refractivity contribution in [2.24, 2.45) is 0 Å². The van der Waals surface area contributed by atoms with Crippen molar-refractivity contribution in [1.82, 2.24) is 30.6 Å². The Hall–Kier alpha value is -5.24. The van der Waals surface area contributed by atoms with Gasteiger partial charge < -0.3 is 20.6 Å². The largest absolute Gasteiger partial charge is 0.352 e. The number of imidazole rings is 2. The number of aryl methyl sites for hydroxylation is 4. The van der Waals surface area contributed by atoms with Crippen molar-refractivity contribution in [3.63, 3.8) is 0 Å². The summed E-state index contributed by atoms with van der Waals surface area (Å²) < 4.78 is 0. The summed E-state index contributed by atoms with van der Waals surface area (Å²) in [7, 11) is 0. The predicted molar refractivity (Wildman–Crippen MR) is 195 cm³/mol. The highest BCUT2D eigenvalue weighted by Crippen LogP contribution is 2.21. The molecule has 0 unspecified atom stereocenters. The summed E-state index contributed by atoms with van der Waals surface area (Å²) in [5.74, 6) is 1.89. The summed E-state index contributed by atoms with van der Waals surface area (Å²) in [5.41, 5.74) is 9.65. The Balaban J connectivity index is 0.000000188. The Bertz CT molecular complexity index is 1820. The van der Waals surface area contributed by atoms with Crippen molar-refractivity contribution in [3.8, 4) is 0 Å². The summed E-state index contributed by atoms with van der Waals surface area (Å²) in [5, 5.41) is 6.00. The van der Waals surface area contributed by atoms with E-state index in [0.717, 1.165) is 83.4 Å². The minimum atomic E-state index is -0.0393. The summed E-state index contributed by atoms with van der Waals surface area (Å²) in [4.78, 5) is 40.7. The van der Waals surface area contributed by atoms with Crippen molar-refractivity contribution in [2.45, 2.75) is 66.2 Å². The van der Waals surface area contributed by atoms with Crippen LogP contribution in [0, 0.1) is 13.8 Å². The summed E-state index contributed by atoms with van der Waals surface area (Å²) >= 11 is 0. The van der Waals surface area contributed by atoms with Crippen LogP contribution in [0.4, 0.5) is 0 Å². The molecule has 8 nitrogen and oxygen atoms in total. The Labute approximate surface area is 282 Å². The second-order valence-corrected chi connectivity index (χ2v) is 12.2. The van der Waals surface area contributed by atoms with Crippen molar-refractivity contribution in [2.75, 3.05) is 13.1 Å². The average molecular weight is 643 g/mol. The molecular formula is C40H46N6O2. The maximum atomic E-state index is 12.4. The van der Waals surface area contributed by atoms with E-state index in [4.69, 9.17) is 0 Å². The summed E-state index contributed by atoms with van der Waals surface area (Å²) in [6, 6.07) is 28.0. The van der Waals surface area contributed by atoms with Gasteiger partial charge in [-0.2, -0.15) is 0 Å². The third-order valence-electron chi connectivity index (χ3n) is 8.23. The molecule has 8 heteroatoms. The number of rotatable bonds is 12. The lowest BCUT2D eigenvalue weighted by Gasteiger charge is -2.06. The molecule has 4 aromatic carbocycles. The molecule has 0 radical (unpaired) electrons. The van der Waals surface area contributed by atoms with Crippen LogP contribution in [-0.2, 0) is 25.7 Å². The monoisotopic (exact) mass is 642 g/mol. The fourth-order valence-electron chi connectivity index (χ4n) is 5.79. The van der Waals surface area contributed by atoms with Crippen LogP contribution in [0.15, 0.2) is 84.9 Å². The number of aromatic nitrogens is 4. The van der Waals surface area contributed by atoms with Gasteiger partial charge in [-0.1, -0.05) is 74.5 Å². The summed E-state index contributed by atoms with van der Waals surface area (Å²) in [6.07, 6.45) is 5.61. The second kappa shape index (κ2) is 16.5. The molecule has 2 heterocycles. The zero-order valence-electron chi connectivity index (χ0n) is 28.5. The molecule has 4 N–H and O–H groups in total. The fraction of sp³-hybridized carbons (Fsp3) is 0.300. The lowest BCUT2D eigenvalue weighted by molar-refractivity contribution is 0.0946. The number of fused-ring (bicyclic) bond motifs is 2. The van der Waals surface area contributed by atoms with Gasteiger partial charge in [-0.05, 0) is 86.1 Å². The molecule has 0 bridgehead atoms. The fourth-order valence-corrected chi connectivity index (χ4v) is 5.79. The number of aromatic amines is 2. The number of nitrogens with one attached hydrogen (secondary N) is 4. The molecule has 0 fully saturated rings. The molecule has 0 saturated carbocycles. The molecular weight excluding hydrogens is 596 g/mol. The number of carbonyl (C=O) groups excluding carboxylic acids is 2. The van der Waals surface area contributed by atoms with E-state index >= 15 is 0 Å². The van der Waals surface area contributed by atoms with Crippen LogP contribution in [0.5, 0.6) is 0 Å². The van der Waals surface area contributed by atoms with Gasteiger partial charge in [0.05, 0.1) is 22.1 Å². The molecule has 0 aliphatic heterocycles. The Morgan fingerprint density at radius 3 is 1.35 bits per heavy atom. The number of carbonyl (C=O) groups is 2. The highest BCUT2D eigenvalue weighted by molar-refractivity contribution is 5.99. The van der Waals surface area contributed by atoms with Crippen LogP contribution >= 0.6 is 0 Å². The van der Waals surface area contributed by atoms with Crippen molar-refractivity contribution in [3.05, 3.63) is 130 Å². The van der Waals surface area contributed by atoms with E-state index < -0.39 is 0 Å². The minimum Gasteiger partial charge on any atom is -0.352 e. The quantitative estimate of drug-likeness (QED) is 0.110. The van der Waals surface area contributed by atoms with Crippen LogP contribution in [0.1, 0.15) is 81.3 Å². The molecule has 48 heavy (non-hydrogen) atoms. The third kappa shape index (κ3) is 8.97. The first-order chi connectivity index (χ1) is 23.3. The minimum absolute atomic E-state index is 0.0393. The van der Waals surface area contributed by atoms with Gasteiger partial charge in [0.2, 0.25) is 0 Å². The van der Waals surface area contributed by atoms with Crippen LogP contribution < -0.4 is 10.6 Å². The lowest BCUT2D eigenvalue weighted by atomic mass is 10.1. The highest BCUT2D eigenvalue weighted by atomic mass is 16.2. The third-order valence-corrected chi connectivity index (χ3v) is 8.23. The maximum absolute atomic E-state index is 12.4. The zero-order valence-corrected chi connectivity index (χ0v) is 28.5. The number of H-pyrrole nitrogens is 2. The van der Waals surface area contributed by atoms with Crippen LogP contribution in [0.25, 0.3) is 22.1 Å². The van der Waals surface area contributed by atoms with Crippen LogP contribution in [0.3, 0.4) is 0 Å².